The Morgan fingerprint density at radius 2 is 1.97 bits per heavy atom. The van der Waals surface area contributed by atoms with Gasteiger partial charge in [0.15, 0.2) is 11.5 Å². The molecule has 4 aromatic heterocycles. The number of carbonyl (C=O) groups is 1. The van der Waals surface area contributed by atoms with E-state index in [-0.39, 0.29) is 12.5 Å². The predicted molar refractivity (Wildman–Crippen MR) is 133 cm³/mol. The number of fused-ring (bicyclic) bond motifs is 5. The van der Waals surface area contributed by atoms with Crippen LogP contribution in [0.25, 0.3) is 27.3 Å². The summed E-state index contributed by atoms with van der Waals surface area (Å²) >= 11 is 7.52. The van der Waals surface area contributed by atoms with Crippen molar-refractivity contribution in [3.8, 4) is 11.4 Å². The molecule has 0 atom stereocenters. The first-order valence-corrected chi connectivity index (χ1v) is 12.2. The lowest BCUT2D eigenvalue weighted by Crippen LogP contribution is -2.32. The van der Waals surface area contributed by atoms with E-state index in [1.165, 1.54) is 19.5 Å². The van der Waals surface area contributed by atoms with Crippen LogP contribution < -0.4 is 11.0 Å². The summed E-state index contributed by atoms with van der Waals surface area (Å²) in [6, 6.07) is 10.5. The number of hydrogen-bond donors (Lipinski definition) is 1. The maximum atomic E-state index is 13.5. The third-order valence-electron chi connectivity index (χ3n) is 5.99. The highest BCUT2D eigenvalue weighted by Crippen LogP contribution is 2.37. The van der Waals surface area contributed by atoms with Crippen molar-refractivity contribution in [2.45, 2.75) is 32.2 Å². The van der Waals surface area contributed by atoms with Gasteiger partial charge in [0.2, 0.25) is 5.91 Å². The molecule has 1 N–H and O–H groups in total. The predicted octanol–water partition coefficient (Wildman–Crippen LogP) is 4.34. The fraction of sp³-hybridized carbons (Fsp3) is 0.208. The van der Waals surface area contributed by atoms with Gasteiger partial charge in [-0.25, -0.2) is 9.78 Å². The summed E-state index contributed by atoms with van der Waals surface area (Å²) in [6.07, 6.45) is 7.45. The van der Waals surface area contributed by atoms with Gasteiger partial charge in [0.1, 0.15) is 11.4 Å². The lowest BCUT2D eigenvalue weighted by molar-refractivity contribution is -0.116. The minimum Gasteiger partial charge on any atom is -0.325 e. The van der Waals surface area contributed by atoms with Crippen LogP contribution in [0.15, 0.2) is 53.6 Å². The van der Waals surface area contributed by atoms with Gasteiger partial charge in [-0.05, 0) is 67.6 Å². The molecule has 4 heterocycles. The molecular formula is C24H19ClN6O2S. The number of anilines is 1. The van der Waals surface area contributed by atoms with E-state index >= 15 is 0 Å². The maximum Gasteiger partial charge on any atom is 0.352 e. The Bertz CT molecular complexity index is 1600. The summed E-state index contributed by atoms with van der Waals surface area (Å²) in [5.41, 5.74) is 2.70. The van der Waals surface area contributed by atoms with Gasteiger partial charge < -0.3 is 5.32 Å². The molecule has 0 saturated carbocycles. The Labute approximate surface area is 202 Å². The van der Waals surface area contributed by atoms with E-state index in [2.05, 4.69) is 15.4 Å². The molecule has 0 aliphatic heterocycles. The zero-order chi connectivity index (χ0) is 23.2. The number of thiophene rings is 1. The molecule has 1 aromatic carbocycles. The van der Waals surface area contributed by atoms with Crippen molar-refractivity contribution >= 4 is 50.4 Å². The molecule has 0 fully saturated rings. The van der Waals surface area contributed by atoms with Crippen LogP contribution >= 0.6 is 22.9 Å². The Hall–Kier alpha value is -3.56. The number of aryl methyl sites for hydroxylation is 2. The summed E-state index contributed by atoms with van der Waals surface area (Å²) < 4.78 is 2.83. The molecule has 0 bridgehead atoms. The van der Waals surface area contributed by atoms with Crippen molar-refractivity contribution in [3.05, 3.63) is 74.7 Å². The summed E-state index contributed by atoms with van der Waals surface area (Å²) in [4.78, 5) is 37.4. The highest BCUT2D eigenvalue weighted by atomic mass is 35.5. The number of benzene rings is 1. The van der Waals surface area contributed by atoms with Crippen molar-refractivity contribution in [2.24, 2.45) is 0 Å². The molecule has 170 valence electrons. The molecule has 10 heteroatoms. The van der Waals surface area contributed by atoms with Crippen molar-refractivity contribution in [2.75, 3.05) is 5.32 Å². The first-order chi connectivity index (χ1) is 16.6. The maximum absolute atomic E-state index is 13.5. The van der Waals surface area contributed by atoms with Crippen LogP contribution in [0.5, 0.6) is 0 Å². The third-order valence-corrected chi connectivity index (χ3v) is 7.56. The number of hydrogen-bond acceptors (Lipinski definition) is 6. The fourth-order valence-electron chi connectivity index (χ4n) is 4.41. The topological polar surface area (TPSA) is 94.2 Å². The number of carbonyl (C=O) groups excluding carboxylic acids is 1. The van der Waals surface area contributed by atoms with Crippen molar-refractivity contribution in [3.63, 3.8) is 0 Å². The molecule has 0 radical (unpaired) electrons. The first kappa shape index (κ1) is 21.0. The highest BCUT2D eigenvalue weighted by molar-refractivity contribution is 7.19. The molecule has 0 spiro atoms. The van der Waals surface area contributed by atoms with Crippen molar-refractivity contribution < 1.29 is 4.79 Å². The number of amides is 1. The summed E-state index contributed by atoms with van der Waals surface area (Å²) in [6.45, 7) is -0.130. The highest BCUT2D eigenvalue weighted by Gasteiger charge is 2.25. The summed E-state index contributed by atoms with van der Waals surface area (Å²) in [7, 11) is 0. The van der Waals surface area contributed by atoms with Crippen LogP contribution in [0.1, 0.15) is 23.3 Å². The van der Waals surface area contributed by atoms with Crippen LogP contribution in [0.2, 0.25) is 5.02 Å². The number of rotatable bonds is 4. The van der Waals surface area contributed by atoms with Gasteiger partial charge in [-0.15, -0.1) is 16.4 Å². The Kier molecular flexibility index (Phi) is 5.15. The average Bonchev–Trinajstić information content (AvgIpc) is 3.46. The van der Waals surface area contributed by atoms with E-state index in [4.69, 9.17) is 16.6 Å². The average molecular weight is 491 g/mol. The molecule has 34 heavy (non-hydrogen) atoms. The fourth-order valence-corrected chi connectivity index (χ4v) is 5.92. The number of aromatic nitrogens is 5. The van der Waals surface area contributed by atoms with E-state index in [1.807, 2.05) is 12.1 Å². The largest absolute Gasteiger partial charge is 0.352 e. The second-order valence-electron chi connectivity index (χ2n) is 8.23. The SMILES string of the molecule is O=C(Cn1c(=O)n2nc(-c3cccnc3)nc2c2c3c(sc21)CCCC3)Nc1ccc(Cl)cc1. The Morgan fingerprint density at radius 3 is 2.76 bits per heavy atom. The number of halogens is 1. The van der Waals surface area contributed by atoms with Crippen LogP contribution in [0.3, 0.4) is 0 Å². The number of pyridine rings is 1. The second kappa shape index (κ2) is 8.34. The first-order valence-electron chi connectivity index (χ1n) is 11.0. The van der Waals surface area contributed by atoms with Gasteiger partial charge >= 0.3 is 5.69 Å². The van der Waals surface area contributed by atoms with Crippen molar-refractivity contribution in [1.29, 1.82) is 0 Å². The Balaban J connectivity index is 1.51. The molecule has 1 aliphatic carbocycles. The quantitative estimate of drug-likeness (QED) is 0.404. The molecule has 0 unspecified atom stereocenters. The third kappa shape index (κ3) is 3.57. The molecule has 8 nitrogen and oxygen atoms in total. The van der Waals surface area contributed by atoms with Crippen molar-refractivity contribution in [1.82, 2.24) is 24.1 Å². The van der Waals surface area contributed by atoms with Gasteiger partial charge in [-0.2, -0.15) is 4.52 Å². The Morgan fingerprint density at radius 1 is 1.15 bits per heavy atom. The van der Waals surface area contributed by atoms with Gasteiger partial charge in [0, 0.05) is 33.5 Å². The number of nitrogens with zero attached hydrogens (tertiary/aromatic N) is 5. The molecule has 5 aromatic rings. The minimum absolute atomic E-state index is 0.130. The van der Waals surface area contributed by atoms with Gasteiger partial charge in [-0.3, -0.25) is 14.3 Å². The zero-order valence-corrected chi connectivity index (χ0v) is 19.6. The van der Waals surface area contributed by atoms with Crippen LogP contribution in [-0.4, -0.2) is 30.1 Å². The number of nitrogens with one attached hydrogen (secondary N) is 1. The van der Waals surface area contributed by atoms with Crippen LogP contribution in [0.4, 0.5) is 5.69 Å². The second-order valence-corrected chi connectivity index (χ2v) is 9.75. The van der Waals surface area contributed by atoms with E-state index in [9.17, 15) is 9.59 Å². The lowest BCUT2D eigenvalue weighted by Gasteiger charge is -2.11. The lowest BCUT2D eigenvalue weighted by atomic mass is 9.97. The normalized spacial score (nSPS) is 13.3. The molecule has 6 rings (SSSR count). The van der Waals surface area contributed by atoms with E-state index in [0.717, 1.165) is 41.5 Å². The summed E-state index contributed by atoms with van der Waals surface area (Å²) in [5, 5.41) is 8.86. The van der Waals surface area contributed by atoms with Gasteiger partial charge in [0.05, 0.1) is 5.39 Å². The molecule has 0 saturated heterocycles. The van der Waals surface area contributed by atoms with E-state index < -0.39 is 5.69 Å². The zero-order valence-electron chi connectivity index (χ0n) is 18.0. The van der Waals surface area contributed by atoms with E-state index in [1.54, 1.807) is 48.0 Å². The molecule has 1 amide bonds. The van der Waals surface area contributed by atoms with Gasteiger partial charge in [-0.1, -0.05) is 11.6 Å². The van der Waals surface area contributed by atoms with Crippen LogP contribution in [-0.2, 0) is 24.2 Å². The molecule has 1 aliphatic rings. The van der Waals surface area contributed by atoms with E-state index in [0.29, 0.717) is 22.2 Å². The minimum atomic E-state index is -0.394. The van der Waals surface area contributed by atoms with Gasteiger partial charge in [0.25, 0.3) is 0 Å². The monoisotopic (exact) mass is 490 g/mol. The molecular weight excluding hydrogens is 472 g/mol. The standard InChI is InChI=1S/C24H19ClN6O2S/c25-15-7-9-16(10-8-15)27-19(32)13-30-23-20(17-5-1-2-6-18(17)34-23)22-28-21(29-31(22)24(30)33)14-4-3-11-26-12-14/h3-4,7-12H,1-2,5-6,13H2,(H,27,32). The summed E-state index contributed by atoms with van der Waals surface area (Å²) in [5.74, 6) is 0.134. The van der Waals surface area contributed by atoms with Crippen LogP contribution in [0, 0.1) is 0 Å². The smallest absolute Gasteiger partial charge is 0.325 e.